The zero-order valence-electron chi connectivity index (χ0n) is 14.6. The first-order valence-corrected chi connectivity index (χ1v) is 10.2. The van der Waals surface area contributed by atoms with Crippen LogP contribution in [-0.4, -0.2) is 29.5 Å². The Balaban J connectivity index is 4.26. The summed E-state index contributed by atoms with van der Waals surface area (Å²) < 4.78 is 30.2. The van der Waals surface area contributed by atoms with Crippen LogP contribution in [0.5, 0.6) is 0 Å². The Kier molecular flexibility index (Phi) is 10.9. The van der Waals surface area contributed by atoms with Crippen LogP contribution in [0.2, 0.25) is 0 Å². The fourth-order valence-corrected chi connectivity index (χ4v) is 3.81. The van der Waals surface area contributed by atoms with Crippen molar-refractivity contribution in [3.63, 3.8) is 0 Å². The predicted molar refractivity (Wildman–Crippen MR) is 93.7 cm³/mol. The topological polar surface area (TPSA) is 141 Å². The van der Waals surface area contributed by atoms with E-state index in [2.05, 4.69) is 6.92 Å². The number of hydrogen-bond acceptors (Lipinski definition) is 4. The van der Waals surface area contributed by atoms with Gasteiger partial charge in [-0.15, -0.1) is 0 Å². The monoisotopic (exact) mass is 364 g/mol. The summed E-state index contributed by atoms with van der Waals surface area (Å²) in [7, 11) is -4.81. The molecule has 8 heteroatoms. The lowest BCUT2D eigenvalue weighted by Crippen LogP contribution is -2.52. The van der Waals surface area contributed by atoms with Crippen LogP contribution in [-0.2, 0) is 19.7 Å². The van der Waals surface area contributed by atoms with Crippen molar-refractivity contribution >= 4 is 21.9 Å². The van der Waals surface area contributed by atoms with Gasteiger partial charge in [0.05, 0.1) is 6.42 Å². The van der Waals surface area contributed by atoms with Crippen molar-refractivity contribution < 1.29 is 22.6 Å². The third-order valence-electron chi connectivity index (χ3n) is 4.34. The van der Waals surface area contributed by atoms with E-state index in [0.717, 1.165) is 19.3 Å². The van der Waals surface area contributed by atoms with Gasteiger partial charge in [0.2, 0.25) is 11.8 Å². The highest BCUT2D eigenvalue weighted by molar-refractivity contribution is 7.88. The fourth-order valence-electron chi connectivity index (χ4n) is 2.83. The lowest BCUT2D eigenvalue weighted by Gasteiger charge is -2.25. The van der Waals surface area contributed by atoms with Crippen molar-refractivity contribution in [1.29, 1.82) is 0 Å². The van der Waals surface area contributed by atoms with Crippen molar-refractivity contribution in [3.8, 4) is 0 Å². The third kappa shape index (κ3) is 8.10. The zero-order chi connectivity index (χ0) is 18.6. The van der Waals surface area contributed by atoms with Gasteiger partial charge in [0.1, 0.15) is 0 Å². The van der Waals surface area contributed by atoms with E-state index >= 15 is 0 Å². The molecular formula is C16H32N2O5S. The van der Waals surface area contributed by atoms with Crippen LogP contribution in [0.3, 0.4) is 0 Å². The number of rotatable bonds is 15. The summed E-state index contributed by atoms with van der Waals surface area (Å²) in [4.78, 5) is 22.7. The first-order valence-electron chi connectivity index (χ1n) is 8.72. The van der Waals surface area contributed by atoms with Crippen molar-refractivity contribution in [2.75, 3.05) is 0 Å². The molecule has 1 atom stereocenters. The highest BCUT2D eigenvalue weighted by Crippen LogP contribution is 2.28. The van der Waals surface area contributed by atoms with Crippen LogP contribution in [0.4, 0.5) is 0 Å². The van der Waals surface area contributed by atoms with Crippen LogP contribution in [0.1, 0.15) is 84.0 Å². The SMILES string of the molecule is CCCCCCCCCCCCC(CC(N)=O)(C(N)=O)S(=O)(=O)O. The van der Waals surface area contributed by atoms with Crippen LogP contribution in [0, 0.1) is 0 Å². The summed E-state index contributed by atoms with van der Waals surface area (Å²) in [6, 6.07) is 0. The third-order valence-corrected chi connectivity index (χ3v) is 5.87. The summed E-state index contributed by atoms with van der Waals surface area (Å²) in [6.45, 7) is 2.18. The molecule has 1 unspecified atom stereocenters. The van der Waals surface area contributed by atoms with Gasteiger partial charge in [-0.1, -0.05) is 71.1 Å². The van der Waals surface area contributed by atoms with Crippen molar-refractivity contribution in [1.82, 2.24) is 0 Å². The molecule has 0 fully saturated rings. The molecule has 0 aromatic rings. The maximum absolute atomic E-state index is 11.6. The van der Waals surface area contributed by atoms with Crippen LogP contribution in [0.25, 0.3) is 0 Å². The molecule has 0 radical (unpaired) electrons. The zero-order valence-corrected chi connectivity index (χ0v) is 15.4. The second-order valence-corrected chi connectivity index (χ2v) is 8.14. The minimum absolute atomic E-state index is 0.194. The molecule has 2 amide bonds. The highest BCUT2D eigenvalue weighted by atomic mass is 32.2. The molecule has 0 aliphatic rings. The normalized spacial score (nSPS) is 14.2. The van der Waals surface area contributed by atoms with E-state index in [1.807, 2.05) is 0 Å². The molecule has 7 nitrogen and oxygen atoms in total. The molecule has 0 saturated carbocycles. The van der Waals surface area contributed by atoms with E-state index in [1.54, 1.807) is 0 Å². The summed E-state index contributed by atoms with van der Waals surface area (Å²) in [5, 5.41) is 0. The van der Waals surface area contributed by atoms with Gasteiger partial charge in [0, 0.05) is 0 Å². The first-order chi connectivity index (χ1) is 11.2. The Morgan fingerprint density at radius 1 is 0.875 bits per heavy atom. The number of carbonyl (C=O) groups excluding carboxylic acids is 2. The van der Waals surface area contributed by atoms with Gasteiger partial charge < -0.3 is 11.5 Å². The Morgan fingerprint density at radius 2 is 1.29 bits per heavy atom. The van der Waals surface area contributed by atoms with E-state index in [1.165, 1.54) is 32.1 Å². The molecule has 24 heavy (non-hydrogen) atoms. The van der Waals surface area contributed by atoms with E-state index in [-0.39, 0.29) is 6.42 Å². The molecule has 5 N–H and O–H groups in total. The highest BCUT2D eigenvalue weighted by Gasteiger charge is 2.49. The molecule has 0 aromatic carbocycles. The number of carbonyl (C=O) groups is 2. The molecule has 142 valence electrons. The number of amides is 2. The average molecular weight is 365 g/mol. The van der Waals surface area contributed by atoms with Gasteiger partial charge >= 0.3 is 0 Å². The van der Waals surface area contributed by atoms with Gasteiger partial charge in [-0.25, -0.2) is 0 Å². The molecule has 0 rings (SSSR count). The molecule has 0 aliphatic heterocycles. The van der Waals surface area contributed by atoms with Gasteiger partial charge in [-0.05, 0) is 6.42 Å². The molecule has 0 saturated heterocycles. The Morgan fingerprint density at radius 3 is 1.62 bits per heavy atom. The standard InChI is InChI=1S/C16H32N2O5S/c1-2-3-4-5-6-7-8-9-10-11-12-16(15(18)20,13-14(17)19)24(21,22)23/h2-13H2,1H3,(H2,17,19)(H2,18,20)(H,21,22,23). The fraction of sp³-hybridized carbons (Fsp3) is 0.875. The van der Waals surface area contributed by atoms with Crippen LogP contribution >= 0.6 is 0 Å². The summed E-state index contributed by atoms with van der Waals surface area (Å²) >= 11 is 0. The minimum atomic E-state index is -4.81. The second kappa shape index (κ2) is 11.4. The van der Waals surface area contributed by atoms with Gasteiger partial charge in [-0.3, -0.25) is 14.1 Å². The van der Waals surface area contributed by atoms with Gasteiger partial charge in [-0.2, -0.15) is 8.42 Å². The van der Waals surface area contributed by atoms with Gasteiger partial charge in [0.25, 0.3) is 10.1 Å². The molecule has 0 spiro atoms. The molecular weight excluding hydrogens is 332 g/mol. The summed E-state index contributed by atoms with van der Waals surface area (Å²) in [5.41, 5.74) is 10.2. The Labute approximate surface area is 145 Å². The van der Waals surface area contributed by atoms with Crippen molar-refractivity contribution in [2.45, 2.75) is 88.7 Å². The van der Waals surface area contributed by atoms with Crippen LogP contribution < -0.4 is 11.5 Å². The lowest BCUT2D eigenvalue weighted by atomic mass is 9.95. The lowest BCUT2D eigenvalue weighted by molar-refractivity contribution is -0.126. The molecule has 0 aromatic heterocycles. The van der Waals surface area contributed by atoms with Gasteiger partial charge in [0.15, 0.2) is 4.75 Å². The number of unbranched alkanes of at least 4 members (excludes halogenated alkanes) is 9. The summed E-state index contributed by atoms with van der Waals surface area (Å²) in [6.07, 6.45) is 9.36. The maximum atomic E-state index is 11.6. The first kappa shape index (κ1) is 22.9. The second-order valence-electron chi connectivity index (χ2n) is 6.41. The van der Waals surface area contributed by atoms with E-state index < -0.39 is 33.1 Å². The smallest absolute Gasteiger partial charge is 0.280 e. The Hall–Kier alpha value is -1.15. The van der Waals surface area contributed by atoms with Crippen molar-refractivity contribution in [2.24, 2.45) is 11.5 Å². The number of primary amides is 2. The van der Waals surface area contributed by atoms with Crippen LogP contribution in [0.15, 0.2) is 0 Å². The number of nitrogens with two attached hydrogens (primary N) is 2. The van der Waals surface area contributed by atoms with E-state index in [9.17, 15) is 22.6 Å². The van der Waals surface area contributed by atoms with Crippen molar-refractivity contribution in [3.05, 3.63) is 0 Å². The maximum Gasteiger partial charge on any atom is 0.280 e. The molecule has 0 bridgehead atoms. The summed E-state index contributed by atoms with van der Waals surface area (Å²) in [5.74, 6) is -2.22. The van der Waals surface area contributed by atoms with E-state index in [4.69, 9.17) is 11.5 Å². The number of hydrogen-bond donors (Lipinski definition) is 3. The Bertz CT molecular complexity index is 493. The average Bonchev–Trinajstić information content (AvgIpc) is 2.46. The van der Waals surface area contributed by atoms with E-state index in [0.29, 0.717) is 12.8 Å². The minimum Gasteiger partial charge on any atom is -0.370 e. The predicted octanol–water partition coefficient (Wildman–Crippen LogP) is 2.28. The molecule has 0 aliphatic carbocycles. The molecule has 0 heterocycles. The largest absolute Gasteiger partial charge is 0.370 e. The quantitative estimate of drug-likeness (QED) is 0.302.